The van der Waals surface area contributed by atoms with Crippen molar-refractivity contribution >= 4 is 11.3 Å². The number of pyridine rings is 1. The van der Waals surface area contributed by atoms with E-state index in [0.29, 0.717) is 5.56 Å². The van der Waals surface area contributed by atoms with Crippen molar-refractivity contribution in [1.29, 1.82) is 0 Å². The number of aromatic nitrogens is 2. The lowest BCUT2D eigenvalue weighted by Gasteiger charge is -2.04. The van der Waals surface area contributed by atoms with E-state index in [2.05, 4.69) is 5.10 Å². The molecule has 0 saturated carbocycles. The van der Waals surface area contributed by atoms with Crippen molar-refractivity contribution in [2.75, 3.05) is 0 Å². The van der Waals surface area contributed by atoms with Gasteiger partial charge in [-0.05, 0) is 66.6 Å². The summed E-state index contributed by atoms with van der Waals surface area (Å²) < 4.78 is 14.9. The van der Waals surface area contributed by atoms with Crippen molar-refractivity contribution in [2.24, 2.45) is 0 Å². The number of ketones is 1. The molecule has 4 heteroatoms. The molecular formula is C21H15FN2O. The number of hydrogen-bond acceptors (Lipinski definition) is 2. The number of carbonyl (C=O) groups is 1. The van der Waals surface area contributed by atoms with Crippen LogP contribution in [0.3, 0.4) is 0 Å². The molecular weight excluding hydrogens is 315 g/mol. The number of fused-ring (bicyclic) bond motifs is 1. The second-order valence-corrected chi connectivity index (χ2v) is 5.96. The Kier molecular flexibility index (Phi) is 3.65. The van der Waals surface area contributed by atoms with Crippen LogP contribution in [0.25, 0.3) is 27.9 Å². The molecule has 0 aliphatic carbocycles. The van der Waals surface area contributed by atoms with E-state index in [0.717, 1.165) is 27.9 Å². The van der Waals surface area contributed by atoms with Crippen LogP contribution >= 0.6 is 0 Å². The molecule has 4 rings (SSSR count). The highest BCUT2D eigenvalue weighted by atomic mass is 19.1. The molecule has 2 heterocycles. The molecule has 2 aromatic heterocycles. The highest BCUT2D eigenvalue weighted by Gasteiger charge is 2.07. The third-order valence-corrected chi connectivity index (χ3v) is 4.21. The predicted octanol–water partition coefficient (Wildman–Crippen LogP) is 5.01. The van der Waals surface area contributed by atoms with Crippen LogP contribution in [0.5, 0.6) is 0 Å². The largest absolute Gasteiger partial charge is 0.295 e. The van der Waals surface area contributed by atoms with E-state index in [1.807, 2.05) is 48.7 Å². The first kappa shape index (κ1) is 15.3. The maximum absolute atomic E-state index is 13.1. The third kappa shape index (κ3) is 2.94. The molecule has 0 radical (unpaired) electrons. The van der Waals surface area contributed by atoms with Gasteiger partial charge in [0.2, 0.25) is 0 Å². The molecule has 0 aliphatic rings. The van der Waals surface area contributed by atoms with Gasteiger partial charge in [-0.2, -0.15) is 5.10 Å². The molecule has 0 N–H and O–H groups in total. The summed E-state index contributed by atoms with van der Waals surface area (Å²) in [5, 5.41) is 4.53. The zero-order valence-corrected chi connectivity index (χ0v) is 13.6. The molecule has 2 aromatic carbocycles. The van der Waals surface area contributed by atoms with Crippen molar-refractivity contribution in [2.45, 2.75) is 6.92 Å². The lowest BCUT2D eigenvalue weighted by molar-refractivity contribution is 0.101. The van der Waals surface area contributed by atoms with Crippen LogP contribution < -0.4 is 0 Å². The topological polar surface area (TPSA) is 34.4 Å². The fourth-order valence-electron chi connectivity index (χ4n) is 2.85. The average molecular weight is 330 g/mol. The van der Waals surface area contributed by atoms with E-state index in [1.165, 1.54) is 12.1 Å². The zero-order valence-electron chi connectivity index (χ0n) is 13.6. The monoisotopic (exact) mass is 330 g/mol. The van der Waals surface area contributed by atoms with Crippen molar-refractivity contribution in [1.82, 2.24) is 9.61 Å². The smallest absolute Gasteiger partial charge is 0.159 e. The van der Waals surface area contributed by atoms with Crippen LogP contribution in [0.1, 0.15) is 17.3 Å². The first-order valence-electron chi connectivity index (χ1n) is 7.97. The summed E-state index contributed by atoms with van der Waals surface area (Å²) in [5.74, 6) is -0.217. The second kappa shape index (κ2) is 5.98. The number of nitrogens with zero attached hydrogens (tertiary/aromatic N) is 2. The average Bonchev–Trinajstić information content (AvgIpc) is 3.05. The van der Waals surface area contributed by atoms with Crippen LogP contribution in [-0.2, 0) is 0 Å². The summed E-state index contributed by atoms with van der Waals surface area (Å²) in [6.45, 7) is 1.56. The van der Waals surface area contributed by atoms with Crippen molar-refractivity contribution < 1.29 is 9.18 Å². The van der Waals surface area contributed by atoms with Crippen molar-refractivity contribution in [3.05, 3.63) is 84.3 Å². The van der Waals surface area contributed by atoms with Crippen LogP contribution in [0.2, 0.25) is 0 Å². The van der Waals surface area contributed by atoms with Gasteiger partial charge in [0.25, 0.3) is 0 Å². The molecule has 0 spiro atoms. The first-order chi connectivity index (χ1) is 12.1. The predicted molar refractivity (Wildman–Crippen MR) is 96.0 cm³/mol. The summed E-state index contributed by atoms with van der Waals surface area (Å²) in [6, 6.07) is 19.8. The lowest BCUT2D eigenvalue weighted by atomic mass is 10.0. The Labute approximate surface area is 144 Å². The minimum Gasteiger partial charge on any atom is -0.295 e. The Hall–Kier alpha value is -3.27. The van der Waals surface area contributed by atoms with Gasteiger partial charge in [0.05, 0.1) is 11.2 Å². The SMILES string of the molecule is CC(=O)c1cccc(-c2ccn3nc(-c4ccc(F)cc4)cc3c2)c1. The van der Waals surface area contributed by atoms with Gasteiger partial charge in [-0.25, -0.2) is 8.91 Å². The second-order valence-electron chi connectivity index (χ2n) is 5.96. The maximum Gasteiger partial charge on any atom is 0.159 e. The molecule has 122 valence electrons. The molecule has 3 nitrogen and oxygen atoms in total. The van der Waals surface area contributed by atoms with Gasteiger partial charge in [-0.3, -0.25) is 4.79 Å². The van der Waals surface area contributed by atoms with Gasteiger partial charge < -0.3 is 0 Å². The summed E-state index contributed by atoms with van der Waals surface area (Å²) >= 11 is 0. The van der Waals surface area contributed by atoms with Gasteiger partial charge in [-0.15, -0.1) is 0 Å². The number of hydrogen-bond donors (Lipinski definition) is 0. The number of Topliss-reactive ketones (excluding diaryl/α,β-unsaturated/α-hetero) is 1. The van der Waals surface area contributed by atoms with Gasteiger partial charge in [-0.1, -0.05) is 18.2 Å². The molecule has 4 aromatic rings. The van der Waals surface area contributed by atoms with E-state index < -0.39 is 0 Å². The summed E-state index contributed by atoms with van der Waals surface area (Å²) in [5.41, 5.74) is 5.28. The number of carbonyl (C=O) groups excluding carboxylic acids is 1. The third-order valence-electron chi connectivity index (χ3n) is 4.21. The highest BCUT2D eigenvalue weighted by Crippen LogP contribution is 2.25. The van der Waals surface area contributed by atoms with E-state index in [4.69, 9.17) is 0 Å². The van der Waals surface area contributed by atoms with Crippen LogP contribution in [0.4, 0.5) is 4.39 Å². The number of benzene rings is 2. The summed E-state index contributed by atoms with van der Waals surface area (Å²) in [4.78, 5) is 11.6. The zero-order chi connectivity index (χ0) is 17.4. The lowest BCUT2D eigenvalue weighted by Crippen LogP contribution is -1.92. The highest BCUT2D eigenvalue weighted by molar-refractivity contribution is 5.95. The van der Waals surface area contributed by atoms with Crippen molar-refractivity contribution in [3.63, 3.8) is 0 Å². The van der Waals surface area contributed by atoms with Crippen LogP contribution in [-0.4, -0.2) is 15.4 Å². The van der Waals surface area contributed by atoms with Crippen molar-refractivity contribution in [3.8, 4) is 22.4 Å². The molecule has 0 unspecified atom stereocenters. The molecule has 0 bridgehead atoms. The Balaban J connectivity index is 1.77. The minimum atomic E-state index is -0.264. The van der Waals surface area contributed by atoms with E-state index in [1.54, 1.807) is 23.6 Å². The van der Waals surface area contributed by atoms with E-state index in [9.17, 15) is 9.18 Å². The molecule has 0 aliphatic heterocycles. The standard InChI is InChI=1S/C21H15FN2O/c1-14(25)16-3-2-4-17(11-16)18-9-10-24-20(12-18)13-21(23-24)15-5-7-19(22)8-6-15/h2-13H,1H3. The summed E-state index contributed by atoms with van der Waals surface area (Å²) in [7, 11) is 0. The van der Waals surface area contributed by atoms with Crippen LogP contribution in [0.15, 0.2) is 72.9 Å². The number of rotatable bonds is 3. The molecule has 25 heavy (non-hydrogen) atoms. The molecule has 0 fully saturated rings. The Bertz CT molecular complexity index is 1080. The minimum absolute atomic E-state index is 0.0471. The fourth-order valence-corrected chi connectivity index (χ4v) is 2.85. The van der Waals surface area contributed by atoms with Gasteiger partial charge in [0.15, 0.2) is 5.78 Å². The van der Waals surface area contributed by atoms with E-state index >= 15 is 0 Å². The summed E-state index contributed by atoms with van der Waals surface area (Å²) in [6.07, 6.45) is 1.89. The van der Waals surface area contributed by atoms with Gasteiger partial charge in [0, 0.05) is 17.3 Å². The Morgan fingerprint density at radius 2 is 1.68 bits per heavy atom. The van der Waals surface area contributed by atoms with E-state index in [-0.39, 0.29) is 11.6 Å². The maximum atomic E-state index is 13.1. The van der Waals surface area contributed by atoms with Crippen LogP contribution in [0, 0.1) is 5.82 Å². The first-order valence-corrected chi connectivity index (χ1v) is 7.97. The molecule has 0 atom stereocenters. The quantitative estimate of drug-likeness (QED) is 0.495. The van der Waals surface area contributed by atoms with Gasteiger partial charge in [0.1, 0.15) is 5.82 Å². The molecule has 0 amide bonds. The Morgan fingerprint density at radius 3 is 2.44 bits per heavy atom. The fraction of sp³-hybridized carbons (Fsp3) is 0.0476. The van der Waals surface area contributed by atoms with Gasteiger partial charge >= 0.3 is 0 Å². The normalized spacial score (nSPS) is 11.0. The molecule has 0 saturated heterocycles. The Morgan fingerprint density at radius 1 is 0.920 bits per heavy atom. The number of halogens is 1.